The molecule has 2 N–H and O–H groups in total. The van der Waals surface area contributed by atoms with Crippen molar-refractivity contribution in [1.82, 2.24) is 0 Å². The van der Waals surface area contributed by atoms with Crippen LogP contribution in [0.4, 0.5) is 4.79 Å². The summed E-state index contributed by atoms with van der Waals surface area (Å²) in [5.41, 5.74) is 5.07. The molecule has 1 aliphatic carbocycles. The molecule has 3 nitrogen and oxygen atoms in total. The van der Waals surface area contributed by atoms with E-state index >= 15 is 0 Å². The number of carbonyl (C=O) groups is 1. The SMILES string of the molecule is CC1CCC(C(C)C)C(OC(N)=O)C1.Cl. The monoisotopic (exact) mass is 235 g/mol. The van der Waals surface area contributed by atoms with Gasteiger partial charge in [0.15, 0.2) is 0 Å². The van der Waals surface area contributed by atoms with Crippen LogP contribution in [0.1, 0.15) is 40.0 Å². The lowest BCUT2D eigenvalue weighted by Gasteiger charge is -2.36. The van der Waals surface area contributed by atoms with Crippen molar-refractivity contribution in [3.8, 4) is 0 Å². The summed E-state index contributed by atoms with van der Waals surface area (Å²) in [5, 5.41) is 0. The Morgan fingerprint density at radius 2 is 2.00 bits per heavy atom. The summed E-state index contributed by atoms with van der Waals surface area (Å²) in [6.45, 7) is 6.56. The Labute approximate surface area is 98.2 Å². The number of amides is 1. The molecule has 1 rings (SSSR count). The van der Waals surface area contributed by atoms with Crippen molar-refractivity contribution in [1.29, 1.82) is 0 Å². The normalized spacial score (nSPS) is 30.8. The van der Waals surface area contributed by atoms with E-state index in [1.165, 1.54) is 6.42 Å². The highest BCUT2D eigenvalue weighted by Crippen LogP contribution is 2.35. The van der Waals surface area contributed by atoms with E-state index in [4.69, 9.17) is 10.5 Å². The third-order valence-electron chi connectivity index (χ3n) is 3.23. The second kappa shape index (κ2) is 6.21. The number of nitrogens with two attached hydrogens (primary N) is 1. The fourth-order valence-electron chi connectivity index (χ4n) is 2.40. The van der Waals surface area contributed by atoms with E-state index < -0.39 is 6.09 Å². The van der Waals surface area contributed by atoms with Crippen molar-refractivity contribution >= 4 is 18.5 Å². The zero-order chi connectivity index (χ0) is 10.7. The minimum atomic E-state index is -0.630. The van der Waals surface area contributed by atoms with Crippen molar-refractivity contribution in [2.24, 2.45) is 23.5 Å². The third kappa shape index (κ3) is 4.29. The van der Waals surface area contributed by atoms with Crippen molar-refractivity contribution in [2.75, 3.05) is 0 Å². The van der Waals surface area contributed by atoms with E-state index in [0.29, 0.717) is 17.8 Å². The maximum absolute atomic E-state index is 10.7. The zero-order valence-corrected chi connectivity index (χ0v) is 10.5. The van der Waals surface area contributed by atoms with Gasteiger partial charge in [-0.2, -0.15) is 0 Å². The lowest BCUT2D eigenvalue weighted by molar-refractivity contribution is 0.0105. The minimum Gasteiger partial charge on any atom is -0.446 e. The van der Waals surface area contributed by atoms with Crippen LogP contribution in [0, 0.1) is 17.8 Å². The van der Waals surface area contributed by atoms with Gasteiger partial charge < -0.3 is 10.5 Å². The van der Waals surface area contributed by atoms with Crippen LogP contribution >= 0.6 is 12.4 Å². The Bertz CT molecular complexity index is 209. The van der Waals surface area contributed by atoms with Gasteiger partial charge in [-0.15, -0.1) is 12.4 Å². The maximum Gasteiger partial charge on any atom is 0.404 e. The molecule has 1 fully saturated rings. The number of carbonyl (C=O) groups excluding carboxylic acids is 1. The van der Waals surface area contributed by atoms with E-state index in [9.17, 15) is 4.79 Å². The summed E-state index contributed by atoms with van der Waals surface area (Å²) in [7, 11) is 0. The Kier molecular flexibility index (Phi) is 6.03. The highest BCUT2D eigenvalue weighted by molar-refractivity contribution is 5.85. The first kappa shape index (κ1) is 14.6. The summed E-state index contributed by atoms with van der Waals surface area (Å²) in [5.74, 6) is 1.69. The zero-order valence-electron chi connectivity index (χ0n) is 9.73. The maximum atomic E-state index is 10.7. The van der Waals surface area contributed by atoms with Crippen LogP contribution in [0.5, 0.6) is 0 Å². The largest absolute Gasteiger partial charge is 0.446 e. The Hall–Kier alpha value is -0.440. The van der Waals surface area contributed by atoms with E-state index in [2.05, 4.69) is 20.8 Å². The second-order valence-corrected chi connectivity index (χ2v) is 4.80. The van der Waals surface area contributed by atoms with Crippen LogP contribution in [0.3, 0.4) is 0 Å². The number of halogens is 1. The molecule has 90 valence electrons. The minimum absolute atomic E-state index is 0. The van der Waals surface area contributed by atoms with Gasteiger partial charge in [0.05, 0.1) is 0 Å². The van der Waals surface area contributed by atoms with Crippen molar-refractivity contribution in [2.45, 2.75) is 46.1 Å². The van der Waals surface area contributed by atoms with Crippen molar-refractivity contribution < 1.29 is 9.53 Å². The smallest absolute Gasteiger partial charge is 0.404 e. The van der Waals surface area contributed by atoms with E-state index in [1.54, 1.807) is 0 Å². The lowest BCUT2D eigenvalue weighted by atomic mass is 9.75. The molecule has 0 heterocycles. The third-order valence-corrected chi connectivity index (χ3v) is 3.23. The molecular weight excluding hydrogens is 214 g/mol. The van der Waals surface area contributed by atoms with Gasteiger partial charge in [0.1, 0.15) is 6.10 Å². The molecule has 0 aromatic heterocycles. The molecule has 1 aliphatic rings. The molecule has 0 spiro atoms. The molecule has 4 heteroatoms. The van der Waals surface area contributed by atoms with Crippen LogP contribution in [-0.2, 0) is 4.74 Å². The van der Waals surface area contributed by atoms with Gasteiger partial charge in [0.2, 0.25) is 0 Å². The molecule has 1 amide bonds. The summed E-state index contributed by atoms with van der Waals surface area (Å²) >= 11 is 0. The summed E-state index contributed by atoms with van der Waals surface area (Å²) in [6.07, 6.45) is 2.76. The molecule has 15 heavy (non-hydrogen) atoms. The van der Waals surface area contributed by atoms with Crippen LogP contribution in [0.15, 0.2) is 0 Å². The van der Waals surface area contributed by atoms with E-state index in [1.807, 2.05) is 0 Å². The van der Waals surface area contributed by atoms with E-state index in [0.717, 1.165) is 12.8 Å². The number of rotatable bonds is 2. The molecule has 1 saturated carbocycles. The highest BCUT2D eigenvalue weighted by Gasteiger charge is 2.32. The molecule has 0 aromatic carbocycles. The van der Waals surface area contributed by atoms with Gasteiger partial charge in [-0.3, -0.25) is 0 Å². The predicted molar refractivity (Wildman–Crippen MR) is 63.0 cm³/mol. The average molecular weight is 236 g/mol. The van der Waals surface area contributed by atoms with Gasteiger partial charge >= 0.3 is 6.09 Å². The fourth-order valence-corrected chi connectivity index (χ4v) is 2.40. The Morgan fingerprint density at radius 3 is 2.47 bits per heavy atom. The molecule has 0 radical (unpaired) electrons. The van der Waals surface area contributed by atoms with Gasteiger partial charge in [0.25, 0.3) is 0 Å². The molecule has 0 aromatic rings. The quantitative estimate of drug-likeness (QED) is 0.800. The molecule has 3 atom stereocenters. The van der Waals surface area contributed by atoms with Crippen molar-refractivity contribution in [3.63, 3.8) is 0 Å². The number of primary amides is 1. The van der Waals surface area contributed by atoms with Gasteiger partial charge in [0, 0.05) is 0 Å². The number of hydrogen-bond donors (Lipinski definition) is 1. The topological polar surface area (TPSA) is 52.3 Å². The lowest BCUT2D eigenvalue weighted by Crippen LogP contribution is -2.37. The van der Waals surface area contributed by atoms with Gasteiger partial charge in [-0.1, -0.05) is 27.2 Å². The average Bonchev–Trinajstić information content (AvgIpc) is 2.01. The molecule has 0 saturated heterocycles. The fraction of sp³-hybridized carbons (Fsp3) is 0.909. The standard InChI is InChI=1S/C11H21NO2.ClH/c1-7(2)9-5-4-8(3)6-10(9)14-11(12)13;/h7-10H,4-6H2,1-3H3,(H2,12,13);1H. The van der Waals surface area contributed by atoms with E-state index in [-0.39, 0.29) is 18.5 Å². The van der Waals surface area contributed by atoms with Gasteiger partial charge in [-0.25, -0.2) is 4.79 Å². The first-order valence-corrected chi connectivity index (χ1v) is 5.46. The van der Waals surface area contributed by atoms with Crippen LogP contribution in [0.25, 0.3) is 0 Å². The van der Waals surface area contributed by atoms with Crippen LogP contribution in [0.2, 0.25) is 0 Å². The first-order chi connectivity index (χ1) is 6.50. The van der Waals surface area contributed by atoms with Gasteiger partial charge in [-0.05, 0) is 30.6 Å². The second-order valence-electron chi connectivity index (χ2n) is 4.80. The Morgan fingerprint density at radius 1 is 1.40 bits per heavy atom. The van der Waals surface area contributed by atoms with Crippen molar-refractivity contribution in [3.05, 3.63) is 0 Å². The van der Waals surface area contributed by atoms with Crippen LogP contribution < -0.4 is 5.73 Å². The molecule has 3 unspecified atom stereocenters. The predicted octanol–water partition coefficient (Wildman–Crippen LogP) is 2.96. The number of ether oxygens (including phenoxy) is 1. The molecule has 0 aliphatic heterocycles. The highest BCUT2D eigenvalue weighted by atomic mass is 35.5. The summed E-state index contributed by atoms with van der Waals surface area (Å²) in [4.78, 5) is 10.7. The molecular formula is C11H22ClNO2. The molecule has 0 bridgehead atoms. The summed E-state index contributed by atoms with van der Waals surface area (Å²) in [6, 6.07) is 0. The first-order valence-electron chi connectivity index (χ1n) is 5.46. The Balaban J connectivity index is 0.00000196. The number of hydrogen-bond acceptors (Lipinski definition) is 2. The summed E-state index contributed by atoms with van der Waals surface area (Å²) < 4.78 is 5.17. The van der Waals surface area contributed by atoms with Crippen LogP contribution in [-0.4, -0.2) is 12.2 Å².